The molecule has 176 valence electrons. The Morgan fingerprint density at radius 1 is 1.06 bits per heavy atom. The molecule has 7 nitrogen and oxygen atoms in total. The van der Waals surface area contributed by atoms with Crippen LogP contribution in [0.3, 0.4) is 0 Å². The van der Waals surface area contributed by atoms with Gasteiger partial charge in [0.1, 0.15) is 11.5 Å². The van der Waals surface area contributed by atoms with Crippen molar-refractivity contribution in [3.63, 3.8) is 0 Å². The van der Waals surface area contributed by atoms with E-state index in [0.717, 1.165) is 42.4 Å². The minimum absolute atomic E-state index is 0.0596. The molecule has 7 heteroatoms. The molecule has 2 aliphatic heterocycles. The summed E-state index contributed by atoms with van der Waals surface area (Å²) in [5.74, 6) is 1.61. The average molecular weight is 459 g/mol. The largest absolute Gasteiger partial charge is 0.497 e. The van der Waals surface area contributed by atoms with Crippen molar-refractivity contribution in [1.82, 2.24) is 10.3 Å². The number of amides is 1. The van der Waals surface area contributed by atoms with Gasteiger partial charge in [0.25, 0.3) is 0 Å². The Morgan fingerprint density at radius 2 is 1.85 bits per heavy atom. The van der Waals surface area contributed by atoms with Crippen LogP contribution in [0, 0.1) is 5.92 Å². The third-order valence-electron chi connectivity index (χ3n) is 6.89. The molecule has 2 aromatic carbocycles. The fraction of sp³-hybridized carbons (Fsp3) is 0.333. The smallest absolute Gasteiger partial charge is 0.225 e. The second-order valence-electron chi connectivity index (χ2n) is 8.79. The number of benzene rings is 2. The first kappa shape index (κ1) is 22.1. The van der Waals surface area contributed by atoms with E-state index in [9.17, 15) is 4.79 Å². The summed E-state index contributed by atoms with van der Waals surface area (Å²) in [6.45, 7) is 2.97. The molecule has 2 aliphatic rings. The van der Waals surface area contributed by atoms with Crippen LogP contribution in [0.15, 0.2) is 67.0 Å². The second-order valence-corrected chi connectivity index (χ2v) is 8.79. The lowest BCUT2D eigenvalue weighted by Crippen LogP contribution is -2.61. The summed E-state index contributed by atoms with van der Waals surface area (Å²) in [6, 6.07) is 18.3. The van der Waals surface area contributed by atoms with Gasteiger partial charge in [-0.25, -0.2) is 0 Å². The highest BCUT2D eigenvalue weighted by atomic mass is 16.5. The van der Waals surface area contributed by atoms with Crippen molar-refractivity contribution in [3.05, 3.63) is 78.1 Å². The summed E-state index contributed by atoms with van der Waals surface area (Å²) in [5.41, 5.74) is 4.51. The molecule has 3 heterocycles. The number of carbonyl (C=O) groups is 1. The Kier molecular flexibility index (Phi) is 6.25. The molecule has 0 radical (unpaired) electrons. The molecule has 1 saturated heterocycles. The molecule has 0 saturated carbocycles. The van der Waals surface area contributed by atoms with Gasteiger partial charge in [-0.15, -0.1) is 0 Å². The number of pyridine rings is 1. The SMILES string of the molecule is COc1ccc(N2CCN3c4cc(OC)ccc4C[C@H](C(=O)NCc4cccnc4)[C@@H]3C2)cc1. The highest BCUT2D eigenvalue weighted by molar-refractivity contribution is 5.82. The number of ether oxygens (including phenoxy) is 2. The molecule has 1 amide bonds. The average Bonchev–Trinajstić information content (AvgIpc) is 2.91. The minimum atomic E-state index is -0.154. The fourth-order valence-electron chi connectivity index (χ4n) is 5.05. The number of rotatable bonds is 6. The van der Waals surface area contributed by atoms with Gasteiger partial charge in [-0.3, -0.25) is 9.78 Å². The molecule has 1 fully saturated rings. The van der Waals surface area contributed by atoms with E-state index in [-0.39, 0.29) is 17.9 Å². The quantitative estimate of drug-likeness (QED) is 0.612. The maximum atomic E-state index is 13.5. The maximum Gasteiger partial charge on any atom is 0.225 e. The highest BCUT2D eigenvalue weighted by Crippen LogP contribution is 2.39. The van der Waals surface area contributed by atoms with Crippen LogP contribution in [0.4, 0.5) is 11.4 Å². The van der Waals surface area contributed by atoms with Crippen LogP contribution < -0.4 is 24.6 Å². The zero-order valence-corrected chi connectivity index (χ0v) is 19.6. The summed E-state index contributed by atoms with van der Waals surface area (Å²) in [5, 5.41) is 3.16. The van der Waals surface area contributed by atoms with Gasteiger partial charge < -0.3 is 24.6 Å². The van der Waals surface area contributed by atoms with Crippen molar-refractivity contribution >= 4 is 17.3 Å². The third-order valence-corrected chi connectivity index (χ3v) is 6.89. The van der Waals surface area contributed by atoms with E-state index in [0.29, 0.717) is 13.0 Å². The number of fused-ring (bicyclic) bond motifs is 3. The number of aromatic nitrogens is 1. The Labute approximate surface area is 200 Å². The van der Waals surface area contributed by atoms with Crippen LogP contribution >= 0.6 is 0 Å². The van der Waals surface area contributed by atoms with E-state index in [1.54, 1.807) is 26.6 Å². The summed E-state index contributed by atoms with van der Waals surface area (Å²) < 4.78 is 10.8. The summed E-state index contributed by atoms with van der Waals surface area (Å²) in [4.78, 5) is 22.4. The monoisotopic (exact) mass is 458 g/mol. The van der Waals surface area contributed by atoms with Gasteiger partial charge in [0.05, 0.1) is 26.2 Å². The number of methoxy groups -OCH3 is 2. The summed E-state index contributed by atoms with van der Waals surface area (Å²) in [6.07, 6.45) is 4.24. The molecule has 0 aliphatic carbocycles. The number of anilines is 2. The number of piperazine rings is 1. The van der Waals surface area contributed by atoms with Crippen LogP contribution in [0.1, 0.15) is 11.1 Å². The van der Waals surface area contributed by atoms with Crippen molar-refractivity contribution in [2.75, 3.05) is 43.7 Å². The van der Waals surface area contributed by atoms with Gasteiger partial charge in [0.15, 0.2) is 0 Å². The van der Waals surface area contributed by atoms with Gasteiger partial charge in [-0.1, -0.05) is 12.1 Å². The molecule has 5 rings (SSSR count). The summed E-state index contributed by atoms with van der Waals surface area (Å²) in [7, 11) is 3.37. The third kappa shape index (κ3) is 4.38. The Bertz CT molecular complexity index is 1140. The second kappa shape index (κ2) is 9.63. The normalized spacial score (nSPS) is 19.1. The van der Waals surface area contributed by atoms with Gasteiger partial charge in [-0.2, -0.15) is 0 Å². The predicted molar refractivity (Wildman–Crippen MR) is 133 cm³/mol. The lowest BCUT2D eigenvalue weighted by molar-refractivity contribution is -0.126. The maximum absolute atomic E-state index is 13.5. The fourth-order valence-corrected chi connectivity index (χ4v) is 5.05. The molecule has 0 unspecified atom stereocenters. The van der Waals surface area contributed by atoms with Gasteiger partial charge >= 0.3 is 0 Å². The van der Waals surface area contributed by atoms with Crippen molar-refractivity contribution in [1.29, 1.82) is 0 Å². The molecule has 0 spiro atoms. The zero-order valence-electron chi connectivity index (χ0n) is 19.6. The van der Waals surface area contributed by atoms with Crippen LogP contribution in [0.2, 0.25) is 0 Å². The number of nitrogens with one attached hydrogen (secondary N) is 1. The molecule has 1 N–H and O–H groups in total. The number of carbonyl (C=O) groups excluding carboxylic acids is 1. The minimum Gasteiger partial charge on any atom is -0.497 e. The number of nitrogens with zero attached hydrogens (tertiary/aromatic N) is 3. The number of hydrogen-bond acceptors (Lipinski definition) is 6. The van der Waals surface area contributed by atoms with E-state index in [4.69, 9.17) is 9.47 Å². The van der Waals surface area contributed by atoms with E-state index < -0.39 is 0 Å². The molecule has 34 heavy (non-hydrogen) atoms. The Morgan fingerprint density at radius 3 is 2.59 bits per heavy atom. The molecule has 0 bridgehead atoms. The van der Waals surface area contributed by atoms with Crippen molar-refractivity contribution in [3.8, 4) is 11.5 Å². The Balaban J connectivity index is 1.41. The molecular weight excluding hydrogens is 428 g/mol. The standard InChI is InChI=1S/C27H30N4O3/c1-33-22-9-6-21(7-10-22)30-12-13-31-25-15-23(34-2)8-5-20(25)14-24(26(31)18-30)27(32)29-17-19-4-3-11-28-16-19/h3-11,15-16,24,26H,12-14,17-18H2,1-2H3,(H,29,32)/t24-,26-/m0/s1. The van der Waals surface area contributed by atoms with E-state index >= 15 is 0 Å². The van der Waals surface area contributed by atoms with Gasteiger partial charge in [0, 0.05) is 56.0 Å². The van der Waals surface area contributed by atoms with E-state index in [1.807, 2.05) is 30.3 Å². The van der Waals surface area contributed by atoms with Gasteiger partial charge in [-0.05, 0) is 53.9 Å². The van der Waals surface area contributed by atoms with Crippen LogP contribution in [0.5, 0.6) is 11.5 Å². The van der Waals surface area contributed by atoms with Crippen molar-refractivity contribution in [2.24, 2.45) is 5.92 Å². The first-order chi connectivity index (χ1) is 16.7. The first-order valence-corrected chi connectivity index (χ1v) is 11.7. The van der Waals surface area contributed by atoms with Crippen LogP contribution in [-0.4, -0.2) is 50.8 Å². The molecule has 3 aromatic rings. The van der Waals surface area contributed by atoms with Crippen molar-refractivity contribution in [2.45, 2.75) is 19.0 Å². The topological polar surface area (TPSA) is 66.9 Å². The lowest BCUT2D eigenvalue weighted by atomic mass is 9.83. The van der Waals surface area contributed by atoms with E-state index in [2.05, 4.69) is 44.4 Å². The highest BCUT2D eigenvalue weighted by Gasteiger charge is 2.41. The molecular formula is C27H30N4O3. The number of hydrogen-bond donors (Lipinski definition) is 1. The molecule has 2 atom stereocenters. The van der Waals surface area contributed by atoms with Gasteiger partial charge in [0.2, 0.25) is 5.91 Å². The van der Waals surface area contributed by atoms with E-state index in [1.165, 1.54) is 11.3 Å². The van der Waals surface area contributed by atoms with Crippen LogP contribution in [-0.2, 0) is 17.8 Å². The lowest BCUT2D eigenvalue weighted by Gasteiger charge is -2.49. The zero-order chi connectivity index (χ0) is 23.5. The Hall–Kier alpha value is -3.74. The van der Waals surface area contributed by atoms with Crippen molar-refractivity contribution < 1.29 is 14.3 Å². The van der Waals surface area contributed by atoms with Crippen LogP contribution in [0.25, 0.3) is 0 Å². The predicted octanol–water partition coefficient (Wildman–Crippen LogP) is 3.28. The summed E-state index contributed by atoms with van der Waals surface area (Å²) >= 11 is 0. The molecule has 1 aromatic heterocycles. The first-order valence-electron chi connectivity index (χ1n) is 11.7.